The number of carboxylic acid groups (broad SMARTS) is 2. The maximum atomic E-state index is 13.4. The molecule has 0 aromatic heterocycles. The van der Waals surface area contributed by atoms with Gasteiger partial charge in [0.05, 0.1) is 35.0 Å². The van der Waals surface area contributed by atoms with E-state index in [-0.39, 0.29) is 47.8 Å². The average molecular weight is 2080 g/mol. The number of aldehydes is 1. The van der Waals surface area contributed by atoms with Crippen molar-refractivity contribution in [1.82, 2.24) is 29.8 Å². The zero-order chi connectivity index (χ0) is 109. The Hall–Kier alpha value is -11.7. The molecule has 6 aromatic rings. The standard InChI is InChI=1S/C27H36N2O4.C17H21NO5.C16H19NO5.C16H21NO4.C16H19NO4.C9H14O6.C8H12O6/c1-26(2,3)31-22-12-10-19(11-13-22)16-28-17-23-24(33-27(4,5)32-23)25(30)29-15-14-20-8-6-7-9-21(20)18-29;1-17(2)22-13(14(23-17)16(20)21-3)15(19)18-9-8-11-6-4-5-7-12(11)10-18;1-16(2)21-12(13(22-16)15(19)20)14(18)17-8-7-10-5-3-4-6-11(10)9-17;2*1-16(2)20-13(10-18)14(21-16)15(19)17-8-7-11-5-3-4-6-12(11)9-17;1-9(2)14-5(7(10)12-3)6(15-9)8(11)13-4;1-8(2)13-4(6(9)10)5(14-8)7(11)12-3/h6-13,23-24,28H,14-18H2,1-5H3;4-7,13-14H,8-10H2,1-3H3;3-6,12-13H,7-9H2,1-2H3,(H,19,20);3-6,13-14,18H,7-10H2,1-2H3;3-6,10,13-14H,7-9H2,1-2H3;5-6H,1-4H3;4-5H,1-3H3,(H,9,10)/t23-,24+;13-,14-;12-,13-;2*13-,14+;5-,6-;4-,5-/m0110011/s1. The number of esters is 4. The SMILES string of the molecule is CC(C)(C)Oc1ccc(CNC[C@@H]2OC(C)(C)O[C@H]2C(=O)N2CCc3ccccc3C2)cc1.CC1(C)O[C@@H](C(=O)O)[C@H](C(=O)N2CCc3ccccc3C2)O1.CC1(C)O[C@@H](C=O)[C@H](C(=O)N2CCc3ccccc3C2)O1.CC1(C)O[C@@H](CO)[C@H](C(=O)N2CCc3ccccc3C2)O1.COC(=O)[C@@H]1OC(C)(C)O[C@H]1C(=O)N1CCc2ccccc2C1.COC(=O)[C@@H]1OC(C)(C)O[C@H]1C(=O)O.COC(=O)[C@@H]1OC(C)(C)O[C@H]1C(=O)OC. The van der Waals surface area contributed by atoms with Crippen molar-refractivity contribution in [3.8, 4) is 5.75 Å². The molecule has 812 valence electrons. The van der Waals surface area contributed by atoms with E-state index in [2.05, 4.69) is 74.1 Å². The monoisotopic (exact) mass is 2080 g/mol. The number of aliphatic hydroxyl groups is 1. The number of carbonyl (C=O) groups is 12. The smallest absolute Gasteiger partial charge is 0.338 e. The van der Waals surface area contributed by atoms with E-state index >= 15 is 0 Å². The molecular weight excluding hydrogens is 1940 g/mol. The molecule has 0 bridgehead atoms. The van der Waals surface area contributed by atoms with Crippen molar-refractivity contribution in [1.29, 1.82) is 0 Å². The molecule has 5 amide bonds. The molecule has 40 nitrogen and oxygen atoms in total. The van der Waals surface area contributed by atoms with Crippen LogP contribution in [0.5, 0.6) is 5.75 Å². The highest BCUT2D eigenvalue weighted by Gasteiger charge is 2.57. The summed E-state index contributed by atoms with van der Waals surface area (Å²) in [5.41, 5.74) is 13.1. The molecule has 7 saturated heterocycles. The second-order valence-corrected chi connectivity index (χ2v) is 41.6. The molecule has 12 heterocycles. The molecule has 0 saturated carbocycles. The van der Waals surface area contributed by atoms with E-state index in [0.717, 1.165) is 67.2 Å². The van der Waals surface area contributed by atoms with Crippen LogP contribution in [0.15, 0.2) is 146 Å². The molecule has 0 aliphatic carbocycles. The van der Waals surface area contributed by atoms with E-state index in [4.69, 9.17) is 80.9 Å². The summed E-state index contributed by atoms with van der Waals surface area (Å²) in [6.45, 7) is 36.6. The number of aliphatic hydroxyl groups excluding tert-OH is 1. The van der Waals surface area contributed by atoms with Crippen LogP contribution in [-0.4, -0.2) is 317 Å². The van der Waals surface area contributed by atoms with Crippen LogP contribution < -0.4 is 10.1 Å². The van der Waals surface area contributed by atoms with Crippen LogP contribution in [0, 0.1) is 0 Å². The first kappa shape index (κ1) is 116. The van der Waals surface area contributed by atoms with Crippen molar-refractivity contribution in [3.63, 3.8) is 0 Å². The predicted octanol–water partition coefficient (Wildman–Crippen LogP) is 8.49. The Labute approximate surface area is 867 Å². The van der Waals surface area contributed by atoms with Gasteiger partial charge in [-0.1, -0.05) is 133 Å². The van der Waals surface area contributed by atoms with E-state index in [0.29, 0.717) is 84.8 Å². The van der Waals surface area contributed by atoms with Crippen LogP contribution in [0.25, 0.3) is 0 Å². The third-order valence-electron chi connectivity index (χ3n) is 25.9. The Morgan fingerprint density at radius 3 is 0.859 bits per heavy atom. The number of ether oxygens (including phenoxy) is 19. The summed E-state index contributed by atoms with van der Waals surface area (Å²) < 4.78 is 101. The highest BCUT2D eigenvalue weighted by Crippen LogP contribution is 2.40. The van der Waals surface area contributed by atoms with Crippen molar-refractivity contribution in [2.75, 3.05) is 74.3 Å². The van der Waals surface area contributed by atoms with E-state index in [9.17, 15) is 67.7 Å². The fraction of sp³-hybridized carbons (Fsp3) is 0.560. The number of carbonyl (C=O) groups excluding carboxylic acids is 10. The third kappa shape index (κ3) is 30.6. The number of fused-ring (bicyclic) bond motifs is 5. The molecule has 40 heteroatoms. The van der Waals surface area contributed by atoms with Gasteiger partial charge in [0.25, 0.3) is 29.5 Å². The quantitative estimate of drug-likeness (QED) is 0.0356. The van der Waals surface area contributed by atoms with Crippen LogP contribution in [0.2, 0.25) is 0 Å². The number of methoxy groups -OCH3 is 4. The minimum atomic E-state index is -1.31. The van der Waals surface area contributed by atoms with Crippen LogP contribution in [0.1, 0.15) is 179 Å². The van der Waals surface area contributed by atoms with Crippen molar-refractivity contribution >= 4 is 71.6 Å². The summed E-state index contributed by atoms with van der Waals surface area (Å²) in [5, 5.41) is 30.8. The third-order valence-corrected chi connectivity index (χ3v) is 25.9. The number of hydrogen-bond acceptors (Lipinski definition) is 33. The van der Waals surface area contributed by atoms with Crippen molar-refractivity contribution < 1.29 is 163 Å². The van der Waals surface area contributed by atoms with Crippen molar-refractivity contribution in [3.05, 3.63) is 207 Å². The molecule has 0 unspecified atom stereocenters. The molecule has 0 spiro atoms. The highest BCUT2D eigenvalue weighted by atomic mass is 16.8. The van der Waals surface area contributed by atoms with Gasteiger partial charge in [-0.3, -0.25) is 24.0 Å². The molecule has 6 aromatic carbocycles. The molecule has 149 heavy (non-hydrogen) atoms. The summed E-state index contributed by atoms with van der Waals surface area (Å²) in [6, 6.07) is 48.7. The predicted molar refractivity (Wildman–Crippen MR) is 530 cm³/mol. The van der Waals surface area contributed by atoms with E-state index in [1.807, 2.05) is 131 Å². The largest absolute Gasteiger partial charge is 0.488 e. The van der Waals surface area contributed by atoms with Crippen molar-refractivity contribution in [2.45, 2.75) is 321 Å². The van der Waals surface area contributed by atoms with E-state index < -0.39 is 156 Å². The maximum Gasteiger partial charge on any atom is 0.338 e. The van der Waals surface area contributed by atoms with Gasteiger partial charge < -0.3 is 140 Å². The number of aliphatic carboxylic acids is 2. The molecule has 4 N–H and O–H groups in total. The number of nitrogens with zero attached hydrogens (tertiary/aromatic N) is 5. The molecule has 12 aliphatic rings. The second kappa shape index (κ2) is 49.2. The lowest BCUT2D eigenvalue weighted by Crippen LogP contribution is -2.48. The summed E-state index contributed by atoms with van der Waals surface area (Å²) in [6.07, 6.45) is -8.21. The normalized spacial score (nSPS) is 26.2. The molecule has 12 aliphatic heterocycles. The molecule has 18 rings (SSSR count). The fourth-order valence-electron chi connectivity index (χ4n) is 19.1. The van der Waals surface area contributed by atoms with Gasteiger partial charge in [0.15, 0.2) is 120 Å². The minimum Gasteiger partial charge on any atom is -0.488 e. The number of carboxylic acids is 2. The first-order valence-corrected chi connectivity index (χ1v) is 49.8. The second-order valence-electron chi connectivity index (χ2n) is 41.6. The van der Waals surface area contributed by atoms with Gasteiger partial charge in [0.1, 0.15) is 23.6 Å². The van der Waals surface area contributed by atoms with Crippen LogP contribution in [0.4, 0.5) is 0 Å². The number of amides is 5. The Morgan fingerprint density at radius 1 is 0.322 bits per heavy atom. The van der Waals surface area contributed by atoms with E-state index in [1.165, 1.54) is 74.1 Å². The molecule has 14 atom stereocenters. The lowest BCUT2D eigenvalue weighted by Gasteiger charge is -2.31. The van der Waals surface area contributed by atoms with Crippen LogP contribution in [-0.2, 0) is 214 Å². The Kier molecular flexibility index (Phi) is 38.3. The summed E-state index contributed by atoms with van der Waals surface area (Å²) in [7, 11) is 4.86. The van der Waals surface area contributed by atoms with Gasteiger partial charge in [0, 0.05) is 78.5 Å². The zero-order valence-corrected chi connectivity index (χ0v) is 88.5. The van der Waals surface area contributed by atoms with Gasteiger partial charge in [0.2, 0.25) is 0 Å². The zero-order valence-electron chi connectivity index (χ0n) is 88.5. The van der Waals surface area contributed by atoms with Gasteiger partial charge >= 0.3 is 35.8 Å². The van der Waals surface area contributed by atoms with Gasteiger partial charge in [-0.15, -0.1) is 0 Å². The highest BCUT2D eigenvalue weighted by molar-refractivity contribution is 5.91. The molecule has 7 fully saturated rings. The van der Waals surface area contributed by atoms with Crippen molar-refractivity contribution in [2.24, 2.45) is 0 Å². The lowest BCUT2D eigenvalue weighted by atomic mass is 9.99. The van der Waals surface area contributed by atoms with E-state index in [1.54, 1.807) is 88.8 Å². The Balaban J connectivity index is 0.000000157. The number of benzene rings is 6. The van der Waals surface area contributed by atoms with Gasteiger partial charge in [-0.2, -0.15) is 0 Å². The summed E-state index contributed by atoms with van der Waals surface area (Å²) >= 11 is 0. The molecular formula is C109H142N6O34. The molecule has 0 radical (unpaired) electrons. The minimum absolute atomic E-state index is 0.00515. The number of rotatable bonds is 18. The summed E-state index contributed by atoms with van der Waals surface area (Å²) in [4.78, 5) is 152. The van der Waals surface area contributed by atoms with Crippen LogP contribution in [0.3, 0.4) is 0 Å². The summed E-state index contributed by atoms with van der Waals surface area (Å²) in [5.74, 6) is -11.7. The Bertz CT molecular complexity index is 5690. The average Bonchev–Trinajstić information content (AvgIpc) is 1.50. The maximum absolute atomic E-state index is 13.4. The fourth-order valence-corrected chi connectivity index (χ4v) is 19.1. The van der Waals surface area contributed by atoms with Gasteiger partial charge in [-0.05, 0) is 223 Å². The first-order valence-electron chi connectivity index (χ1n) is 49.8. The number of nitrogens with one attached hydrogen (secondary N) is 1. The van der Waals surface area contributed by atoms with Crippen LogP contribution >= 0.6 is 0 Å². The van der Waals surface area contributed by atoms with Gasteiger partial charge in [-0.25, -0.2) is 28.8 Å². The first-order chi connectivity index (χ1) is 70.2. The lowest BCUT2D eigenvalue weighted by molar-refractivity contribution is -0.171. The Morgan fingerprint density at radius 2 is 0.557 bits per heavy atom. The number of hydrogen-bond donors (Lipinski definition) is 4. The topological polar surface area (TPSA) is 469 Å².